The number of carbonyl (C=O) groups is 1. The van der Waals surface area contributed by atoms with Gasteiger partial charge in [-0.15, -0.1) is 0 Å². The lowest BCUT2D eigenvalue weighted by atomic mass is 10.1. The number of aromatic nitrogens is 1. The largest absolute Gasteiger partial charge is 0.311 e. The van der Waals surface area contributed by atoms with Crippen LogP contribution in [-0.4, -0.2) is 10.5 Å². The molecule has 5 nitrogen and oxygen atoms in total. The van der Waals surface area contributed by atoms with Gasteiger partial charge in [-0.2, -0.15) is 0 Å². The van der Waals surface area contributed by atoms with Crippen LogP contribution in [0.25, 0.3) is 0 Å². The molecule has 1 amide bonds. The maximum atomic E-state index is 12.3. The molecule has 18 heavy (non-hydrogen) atoms. The van der Waals surface area contributed by atoms with Crippen LogP contribution in [0.4, 0.5) is 0 Å². The number of nitrogens with two attached hydrogens (primary N) is 1. The Morgan fingerprint density at radius 2 is 2.22 bits per heavy atom. The number of aryl methyl sites for hydroxylation is 1. The van der Waals surface area contributed by atoms with Crippen molar-refractivity contribution in [2.75, 3.05) is 0 Å². The first-order valence-electron chi connectivity index (χ1n) is 6.31. The molecule has 0 radical (unpaired) electrons. The van der Waals surface area contributed by atoms with Gasteiger partial charge in [-0.1, -0.05) is 13.8 Å². The standard InChI is InChI=1S/C13H19N3O2/c1-8(2)7-16-11-5-3-4-9(11)6-10(13(16)18)12(17)15-14/h6,8H,3-5,7,14H2,1-2H3,(H,15,17). The number of rotatable bonds is 3. The molecule has 1 aliphatic rings. The Balaban J connectivity index is 2.59. The van der Waals surface area contributed by atoms with Crippen molar-refractivity contribution < 1.29 is 4.79 Å². The van der Waals surface area contributed by atoms with Crippen LogP contribution in [0.2, 0.25) is 0 Å². The number of amides is 1. The SMILES string of the molecule is CC(C)Cn1c2c(cc(C(=O)NN)c1=O)CCC2. The third-order valence-corrected chi connectivity index (χ3v) is 3.27. The molecule has 1 aromatic heterocycles. The van der Waals surface area contributed by atoms with Gasteiger partial charge in [0.1, 0.15) is 5.56 Å². The molecule has 2 rings (SSSR count). The van der Waals surface area contributed by atoms with E-state index in [1.807, 2.05) is 5.43 Å². The Hall–Kier alpha value is -1.62. The van der Waals surface area contributed by atoms with Crippen molar-refractivity contribution >= 4 is 5.91 Å². The quantitative estimate of drug-likeness (QED) is 0.468. The molecular formula is C13H19N3O2. The summed E-state index contributed by atoms with van der Waals surface area (Å²) in [5.41, 5.74) is 4.15. The summed E-state index contributed by atoms with van der Waals surface area (Å²) in [6.07, 6.45) is 2.89. The van der Waals surface area contributed by atoms with Gasteiger partial charge >= 0.3 is 0 Å². The van der Waals surface area contributed by atoms with Crippen molar-refractivity contribution in [1.82, 2.24) is 9.99 Å². The highest BCUT2D eigenvalue weighted by molar-refractivity contribution is 5.93. The number of hydrogen-bond donors (Lipinski definition) is 2. The minimum Gasteiger partial charge on any atom is -0.311 e. The smallest absolute Gasteiger partial charge is 0.270 e. The van der Waals surface area contributed by atoms with Crippen LogP contribution in [0.1, 0.15) is 41.9 Å². The van der Waals surface area contributed by atoms with Crippen molar-refractivity contribution in [2.24, 2.45) is 11.8 Å². The lowest BCUT2D eigenvalue weighted by Crippen LogP contribution is -2.38. The maximum absolute atomic E-state index is 12.3. The van der Waals surface area contributed by atoms with Crippen LogP contribution in [0.5, 0.6) is 0 Å². The summed E-state index contributed by atoms with van der Waals surface area (Å²) in [7, 11) is 0. The molecule has 0 saturated heterocycles. The lowest BCUT2D eigenvalue weighted by molar-refractivity contribution is 0.0951. The highest BCUT2D eigenvalue weighted by atomic mass is 16.2. The molecule has 0 fully saturated rings. The van der Waals surface area contributed by atoms with Crippen molar-refractivity contribution in [2.45, 2.75) is 39.7 Å². The number of nitrogen functional groups attached to an aromatic ring is 1. The summed E-state index contributed by atoms with van der Waals surface area (Å²) in [4.78, 5) is 23.9. The fraction of sp³-hybridized carbons (Fsp3) is 0.538. The molecule has 0 atom stereocenters. The fourth-order valence-electron chi connectivity index (χ4n) is 2.52. The van der Waals surface area contributed by atoms with Gasteiger partial charge in [0.25, 0.3) is 11.5 Å². The first-order chi connectivity index (χ1) is 8.54. The third-order valence-electron chi connectivity index (χ3n) is 3.27. The average molecular weight is 249 g/mol. The number of pyridine rings is 1. The predicted octanol–water partition coefficient (Wildman–Crippen LogP) is 0.596. The van der Waals surface area contributed by atoms with Crippen LogP contribution < -0.4 is 16.8 Å². The van der Waals surface area contributed by atoms with E-state index in [4.69, 9.17) is 5.84 Å². The minimum absolute atomic E-state index is 0.152. The van der Waals surface area contributed by atoms with E-state index in [1.165, 1.54) is 0 Å². The van der Waals surface area contributed by atoms with Gasteiger partial charge in [-0.25, -0.2) is 5.84 Å². The first-order valence-corrected chi connectivity index (χ1v) is 6.31. The van der Waals surface area contributed by atoms with Crippen LogP contribution in [-0.2, 0) is 19.4 Å². The number of hydrazine groups is 1. The molecule has 98 valence electrons. The first kappa shape index (κ1) is 12.8. The summed E-state index contributed by atoms with van der Waals surface area (Å²) >= 11 is 0. The van der Waals surface area contributed by atoms with Crippen LogP contribution in [0, 0.1) is 5.92 Å². The second-order valence-electron chi connectivity index (χ2n) is 5.17. The molecule has 0 unspecified atom stereocenters. The zero-order valence-electron chi connectivity index (χ0n) is 10.8. The summed E-state index contributed by atoms with van der Waals surface area (Å²) in [5.74, 6) is 4.98. The minimum atomic E-state index is -0.507. The second kappa shape index (κ2) is 4.94. The van der Waals surface area contributed by atoms with Gasteiger partial charge in [0.15, 0.2) is 0 Å². The Bertz CT molecular complexity index is 532. The van der Waals surface area contributed by atoms with Crippen molar-refractivity contribution in [3.63, 3.8) is 0 Å². The highest BCUT2D eigenvalue weighted by Crippen LogP contribution is 2.22. The van der Waals surface area contributed by atoms with Gasteiger partial charge in [-0.3, -0.25) is 15.0 Å². The molecule has 1 aromatic rings. The lowest BCUT2D eigenvalue weighted by Gasteiger charge is -2.15. The van der Waals surface area contributed by atoms with E-state index in [0.717, 1.165) is 30.5 Å². The average Bonchev–Trinajstić information content (AvgIpc) is 2.79. The second-order valence-corrected chi connectivity index (χ2v) is 5.17. The van der Waals surface area contributed by atoms with Crippen LogP contribution in [0.15, 0.2) is 10.9 Å². The molecule has 0 spiro atoms. The third kappa shape index (κ3) is 2.18. The summed E-state index contributed by atoms with van der Waals surface area (Å²) < 4.78 is 1.75. The van der Waals surface area contributed by atoms with E-state index in [-0.39, 0.29) is 11.1 Å². The van der Waals surface area contributed by atoms with Crippen molar-refractivity contribution in [3.05, 3.63) is 33.2 Å². The Morgan fingerprint density at radius 1 is 1.50 bits per heavy atom. The van der Waals surface area contributed by atoms with Gasteiger partial charge in [0.2, 0.25) is 0 Å². The van der Waals surface area contributed by atoms with Gasteiger partial charge < -0.3 is 4.57 Å². The van der Waals surface area contributed by atoms with E-state index in [2.05, 4.69) is 13.8 Å². The summed E-state index contributed by atoms with van der Waals surface area (Å²) in [6, 6.07) is 1.70. The monoisotopic (exact) mass is 249 g/mol. The normalized spacial score (nSPS) is 13.8. The van der Waals surface area contributed by atoms with E-state index in [9.17, 15) is 9.59 Å². The zero-order valence-corrected chi connectivity index (χ0v) is 10.8. The van der Waals surface area contributed by atoms with Gasteiger partial charge in [0, 0.05) is 12.2 Å². The molecule has 3 N–H and O–H groups in total. The molecule has 1 heterocycles. The number of nitrogens with zero attached hydrogens (tertiary/aromatic N) is 1. The highest BCUT2D eigenvalue weighted by Gasteiger charge is 2.22. The number of hydrogen-bond acceptors (Lipinski definition) is 3. The number of fused-ring (bicyclic) bond motifs is 1. The molecule has 0 aromatic carbocycles. The summed E-state index contributed by atoms with van der Waals surface area (Å²) in [5, 5.41) is 0. The molecule has 0 bridgehead atoms. The molecular weight excluding hydrogens is 230 g/mol. The van der Waals surface area contributed by atoms with E-state index in [1.54, 1.807) is 10.6 Å². The van der Waals surface area contributed by atoms with Crippen molar-refractivity contribution in [1.29, 1.82) is 0 Å². The Kier molecular flexibility index (Phi) is 3.52. The predicted molar refractivity (Wildman–Crippen MR) is 69.2 cm³/mol. The van der Waals surface area contributed by atoms with Crippen molar-refractivity contribution in [3.8, 4) is 0 Å². The molecule has 0 aliphatic heterocycles. The van der Waals surface area contributed by atoms with E-state index in [0.29, 0.717) is 12.5 Å². The molecule has 5 heteroatoms. The number of carbonyl (C=O) groups excluding carboxylic acids is 1. The maximum Gasteiger partial charge on any atom is 0.270 e. The van der Waals surface area contributed by atoms with E-state index >= 15 is 0 Å². The molecule has 1 aliphatic carbocycles. The van der Waals surface area contributed by atoms with Gasteiger partial charge in [0.05, 0.1) is 0 Å². The zero-order chi connectivity index (χ0) is 13.3. The van der Waals surface area contributed by atoms with Crippen LogP contribution >= 0.6 is 0 Å². The fourth-order valence-corrected chi connectivity index (χ4v) is 2.52. The Labute approximate surface area is 106 Å². The van der Waals surface area contributed by atoms with Gasteiger partial charge in [-0.05, 0) is 36.8 Å². The number of nitrogens with one attached hydrogen (secondary N) is 1. The summed E-state index contributed by atoms with van der Waals surface area (Å²) in [6.45, 7) is 4.76. The van der Waals surface area contributed by atoms with Crippen LogP contribution in [0.3, 0.4) is 0 Å². The Morgan fingerprint density at radius 3 is 2.83 bits per heavy atom. The molecule has 0 saturated carbocycles. The topological polar surface area (TPSA) is 77.1 Å². The van der Waals surface area contributed by atoms with E-state index < -0.39 is 5.91 Å².